The van der Waals surface area contributed by atoms with Crippen molar-refractivity contribution < 1.29 is 4.79 Å². The Labute approximate surface area is 135 Å². The molecule has 22 heavy (non-hydrogen) atoms. The Bertz CT molecular complexity index is 651. The fourth-order valence-electron chi connectivity index (χ4n) is 2.28. The molecule has 0 radical (unpaired) electrons. The lowest BCUT2D eigenvalue weighted by Gasteiger charge is -2.14. The number of aromatic nitrogens is 2. The average molecular weight is 319 g/mol. The van der Waals surface area contributed by atoms with Crippen molar-refractivity contribution in [2.45, 2.75) is 6.42 Å². The smallest absolute Gasteiger partial charge is 0.272 e. The van der Waals surface area contributed by atoms with Crippen LogP contribution >= 0.6 is 12.4 Å². The quantitative estimate of drug-likeness (QED) is 0.847. The number of para-hydroxylation sites is 1. The van der Waals surface area contributed by atoms with Gasteiger partial charge in [-0.2, -0.15) is 5.10 Å². The summed E-state index contributed by atoms with van der Waals surface area (Å²) in [4.78, 5) is 12.1. The lowest BCUT2D eigenvalue weighted by Crippen LogP contribution is -2.29. The molecule has 5 nitrogen and oxygen atoms in total. The number of carbonyl (C=O) groups excluding carboxylic acids is 1. The number of carbonyl (C=O) groups is 1. The van der Waals surface area contributed by atoms with E-state index in [9.17, 15) is 4.79 Å². The molecule has 1 aliphatic heterocycles. The molecule has 116 valence electrons. The summed E-state index contributed by atoms with van der Waals surface area (Å²) in [6, 6.07) is 11.5. The summed E-state index contributed by atoms with van der Waals surface area (Å²) in [5.41, 5.74) is 2.65. The largest absolute Gasteiger partial charge is 0.347 e. The minimum Gasteiger partial charge on any atom is -0.347 e. The summed E-state index contributed by atoms with van der Waals surface area (Å²) in [6.45, 7) is 2.46. The molecule has 0 fully saturated rings. The average Bonchev–Trinajstić information content (AvgIpc) is 3.04. The lowest BCUT2D eigenvalue weighted by atomic mass is 10.1. The first-order valence-corrected chi connectivity index (χ1v) is 7.11. The van der Waals surface area contributed by atoms with E-state index in [2.05, 4.69) is 21.8 Å². The van der Waals surface area contributed by atoms with Crippen molar-refractivity contribution in [2.75, 3.05) is 19.6 Å². The fraction of sp³-hybridized carbons (Fsp3) is 0.250. The maximum atomic E-state index is 12.1. The highest BCUT2D eigenvalue weighted by atomic mass is 35.5. The molecule has 0 atom stereocenters. The van der Waals surface area contributed by atoms with Crippen molar-refractivity contribution in [3.05, 3.63) is 59.9 Å². The van der Waals surface area contributed by atoms with Gasteiger partial charge in [-0.1, -0.05) is 29.8 Å². The topological polar surface area (TPSA) is 59.0 Å². The molecule has 1 aliphatic rings. The van der Waals surface area contributed by atoms with E-state index in [0.29, 0.717) is 12.2 Å². The van der Waals surface area contributed by atoms with Gasteiger partial charge in [0.05, 0.1) is 5.69 Å². The van der Waals surface area contributed by atoms with Crippen LogP contribution in [0.15, 0.2) is 54.2 Å². The Hall–Kier alpha value is -2.11. The summed E-state index contributed by atoms with van der Waals surface area (Å²) in [7, 11) is 0. The van der Waals surface area contributed by atoms with Crippen LogP contribution < -0.4 is 10.6 Å². The summed E-state index contributed by atoms with van der Waals surface area (Å²) < 4.78 is 1.71. The van der Waals surface area contributed by atoms with Gasteiger partial charge in [-0.25, -0.2) is 4.68 Å². The molecule has 1 amide bonds. The number of nitrogens with zero attached hydrogens (tertiary/aromatic N) is 2. The first kappa shape index (κ1) is 16.3. The monoisotopic (exact) mass is 318 g/mol. The fourth-order valence-corrected chi connectivity index (χ4v) is 2.28. The molecule has 6 heteroatoms. The van der Waals surface area contributed by atoms with E-state index in [1.165, 1.54) is 5.57 Å². The zero-order valence-corrected chi connectivity index (χ0v) is 13.0. The number of nitrogens with one attached hydrogen (secondary N) is 2. The standard InChI is InChI=1S/C16H18N4O.ClH/c21-16(18-12-13-6-9-17-10-7-13)15-8-11-20(19-15)14-4-2-1-3-5-14;/h1-6,8,11,17H,7,9-10,12H2,(H,18,21);1H. The zero-order chi connectivity index (χ0) is 14.5. The molecular weight excluding hydrogens is 300 g/mol. The summed E-state index contributed by atoms with van der Waals surface area (Å²) in [6.07, 6.45) is 4.92. The van der Waals surface area contributed by atoms with Gasteiger partial charge in [-0.15, -0.1) is 12.4 Å². The Kier molecular flexibility index (Phi) is 5.75. The Balaban J connectivity index is 0.00000176. The van der Waals surface area contributed by atoms with E-state index in [-0.39, 0.29) is 18.3 Å². The van der Waals surface area contributed by atoms with Gasteiger partial charge < -0.3 is 10.6 Å². The summed E-state index contributed by atoms with van der Waals surface area (Å²) >= 11 is 0. The molecule has 2 heterocycles. The Morgan fingerprint density at radius 1 is 1.27 bits per heavy atom. The summed E-state index contributed by atoms with van der Waals surface area (Å²) in [5, 5.41) is 10.5. The number of hydrogen-bond acceptors (Lipinski definition) is 3. The molecule has 0 saturated heterocycles. The van der Waals surface area contributed by atoms with Gasteiger partial charge in [0, 0.05) is 19.3 Å². The molecule has 2 N–H and O–H groups in total. The number of halogens is 1. The van der Waals surface area contributed by atoms with Crippen molar-refractivity contribution in [3.63, 3.8) is 0 Å². The number of rotatable bonds is 4. The van der Waals surface area contributed by atoms with E-state index < -0.39 is 0 Å². The van der Waals surface area contributed by atoms with Crippen LogP contribution in [0.5, 0.6) is 0 Å². The van der Waals surface area contributed by atoms with Gasteiger partial charge in [-0.3, -0.25) is 4.79 Å². The second kappa shape index (κ2) is 7.77. The highest BCUT2D eigenvalue weighted by Crippen LogP contribution is 2.07. The normalized spacial score (nSPS) is 13.9. The Morgan fingerprint density at radius 3 is 2.82 bits per heavy atom. The van der Waals surface area contributed by atoms with Gasteiger partial charge >= 0.3 is 0 Å². The van der Waals surface area contributed by atoms with Crippen LogP contribution in [0, 0.1) is 0 Å². The molecule has 0 bridgehead atoms. The molecule has 0 saturated carbocycles. The molecule has 1 aromatic heterocycles. The second-order valence-corrected chi connectivity index (χ2v) is 4.98. The maximum absolute atomic E-state index is 12.1. The van der Waals surface area contributed by atoms with Gasteiger partial charge in [0.15, 0.2) is 5.69 Å². The second-order valence-electron chi connectivity index (χ2n) is 4.98. The van der Waals surface area contributed by atoms with Crippen molar-refractivity contribution in [2.24, 2.45) is 0 Å². The third-order valence-electron chi connectivity index (χ3n) is 3.48. The lowest BCUT2D eigenvalue weighted by molar-refractivity contribution is 0.0951. The first-order chi connectivity index (χ1) is 10.3. The van der Waals surface area contributed by atoms with Gasteiger partial charge in [0.25, 0.3) is 5.91 Å². The maximum Gasteiger partial charge on any atom is 0.272 e. The number of benzene rings is 1. The van der Waals surface area contributed by atoms with E-state index in [1.54, 1.807) is 16.9 Å². The van der Waals surface area contributed by atoms with E-state index in [1.807, 2.05) is 30.3 Å². The van der Waals surface area contributed by atoms with Crippen LogP contribution in [-0.4, -0.2) is 35.3 Å². The van der Waals surface area contributed by atoms with Crippen molar-refractivity contribution in [1.29, 1.82) is 0 Å². The van der Waals surface area contributed by atoms with Gasteiger partial charge in [0.2, 0.25) is 0 Å². The zero-order valence-electron chi connectivity index (χ0n) is 12.2. The SMILES string of the molecule is Cl.O=C(NCC1=CCNCC1)c1ccn(-c2ccccc2)n1. The van der Waals surface area contributed by atoms with Gasteiger partial charge in [-0.05, 0) is 31.2 Å². The predicted octanol–water partition coefficient (Wildman–Crippen LogP) is 1.94. The van der Waals surface area contributed by atoms with Crippen molar-refractivity contribution in [3.8, 4) is 5.69 Å². The molecule has 2 aromatic rings. The minimum atomic E-state index is -0.135. The minimum absolute atomic E-state index is 0. The van der Waals surface area contributed by atoms with E-state index >= 15 is 0 Å². The van der Waals surface area contributed by atoms with Crippen LogP contribution in [0.3, 0.4) is 0 Å². The van der Waals surface area contributed by atoms with E-state index in [0.717, 1.165) is 25.2 Å². The van der Waals surface area contributed by atoms with Crippen LogP contribution in [0.2, 0.25) is 0 Å². The van der Waals surface area contributed by atoms with Crippen LogP contribution in [0.1, 0.15) is 16.9 Å². The molecule has 1 aromatic carbocycles. The third kappa shape index (κ3) is 3.96. The van der Waals surface area contributed by atoms with Crippen LogP contribution in [0.4, 0.5) is 0 Å². The molecule has 0 aliphatic carbocycles. The molecule has 0 unspecified atom stereocenters. The third-order valence-corrected chi connectivity index (χ3v) is 3.48. The van der Waals surface area contributed by atoms with Crippen molar-refractivity contribution in [1.82, 2.24) is 20.4 Å². The van der Waals surface area contributed by atoms with Gasteiger partial charge in [0.1, 0.15) is 0 Å². The van der Waals surface area contributed by atoms with E-state index in [4.69, 9.17) is 0 Å². The van der Waals surface area contributed by atoms with Crippen LogP contribution in [-0.2, 0) is 0 Å². The summed E-state index contributed by atoms with van der Waals surface area (Å²) in [5.74, 6) is -0.135. The molecule has 0 spiro atoms. The number of hydrogen-bond donors (Lipinski definition) is 2. The highest BCUT2D eigenvalue weighted by Gasteiger charge is 2.11. The van der Waals surface area contributed by atoms with Crippen molar-refractivity contribution >= 4 is 18.3 Å². The van der Waals surface area contributed by atoms with Crippen LogP contribution in [0.25, 0.3) is 5.69 Å². The molecular formula is C16H19ClN4O. The number of amides is 1. The Morgan fingerprint density at radius 2 is 2.09 bits per heavy atom. The first-order valence-electron chi connectivity index (χ1n) is 7.11. The molecule has 3 rings (SSSR count). The predicted molar refractivity (Wildman–Crippen MR) is 88.7 cm³/mol. The highest BCUT2D eigenvalue weighted by molar-refractivity contribution is 5.92.